The van der Waals surface area contributed by atoms with Crippen molar-refractivity contribution in [1.29, 1.82) is 0 Å². The molecule has 0 fully saturated rings. The molecule has 0 radical (unpaired) electrons. The molecule has 0 saturated carbocycles. The van der Waals surface area contributed by atoms with Gasteiger partial charge in [0.05, 0.1) is 0 Å². The van der Waals surface area contributed by atoms with Gasteiger partial charge < -0.3 is 5.32 Å². The smallest absolute Gasteiger partial charge is 0.222 e. The Kier molecular flexibility index (Phi) is 5.03. The second-order valence-electron chi connectivity index (χ2n) is 4.44. The Bertz CT molecular complexity index is 344. The fourth-order valence-electron chi connectivity index (χ4n) is 1.58. The lowest BCUT2D eigenvalue weighted by Crippen LogP contribution is -2.27. The van der Waals surface area contributed by atoms with Crippen LogP contribution in [0.2, 0.25) is 0 Å². The van der Waals surface area contributed by atoms with Crippen LogP contribution < -0.4 is 5.32 Å². The zero-order valence-electron chi connectivity index (χ0n) is 10.4. The molecule has 1 N–H and O–H groups in total. The molecule has 0 aromatic heterocycles. The third-order valence-corrected chi connectivity index (χ3v) is 2.52. The Hall–Kier alpha value is -1.31. The van der Waals surface area contributed by atoms with Crippen LogP contribution >= 0.6 is 0 Å². The molecule has 0 aliphatic rings. The fraction of sp³-hybridized carbons (Fsp3) is 0.500. The van der Waals surface area contributed by atoms with Gasteiger partial charge in [-0.2, -0.15) is 0 Å². The highest BCUT2D eigenvalue weighted by Gasteiger charge is 2.05. The van der Waals surface area contributed by atoms with Crippen LogP contribution in [-0.4, -0.2) is 5.91 Å². The normalized spacial score (nSPS) is 10.5. The van der Waals surface area contributed by atoms with Gasteiger partial charge in [-0.05, 0) is 17.5 Å². The van der Waals surface area contributed by atoms with Crippen molar-refractivity contribution >= 4 is 5.91 Å². The molecular weight excluding hydrogens is 198 g/mol. The number of nitrogens with one attached hydrogen (secondary N) is 1. The van der Waals surface area contributed by atoms with Crippen LogP contribution in [-0.2, 0) is 17.8 Å². The van der Waals surface area contributed by atoms with Gasteiger partial charge >= 0.3 is 0 Å². The molecular formula is C14H21NO. The lowest BCUT2D eigenvalue weighted by Gasteiger charge is -2.08. The molecule has 2 nitrogen and oxygen atoms in total. The summed E-state index contributed by atoms with van der Waals surface area (Å²) in [4.78, 5) is 11.4. The van der Waals surface area contributed by atoms with E-state index in [1.54, 1.807) is 0 Å². The van der Waals surface area contributed by atoms with E-state index in [-0.39, 0.29) is 11.8 Å². The highest BCUT2D eigenvalue weighted by atomic mass is 16.1. The van der Waals surface area contributed by atoms with Crippen molar-refractivity contribution < 1.29 is 4.79 Å². The quantitative estimate of drug-likeness (QED) is 0.810. The van der Waals surface area contributed by atoms with Gasteiger partial charge in [0.1, 0.15) is 0 Å². The molecule has 0 bridgehead atoms. The molecule has 1 amide bonds. The van der Waals surface area contributed by atoms with E-state index in [1.807, 2.05) is 13.8 Å². The largest absolute Gasteiger partial charge is 0.352 e. The van der Waals surface area contributed by atoms with E-state index in [0.717, 1.165) is 12.8 Å². The maximum atomic E-state index is 11.4. The minimum atomic E-state index is 0.0545. The molecule has 1 rings (SSSR count). The van der Waals surface area contributed by atoms with Crippen LogP contribution in [0.25, 0.3) is 0 Å². The second-order valence-corrected chi connectivity index (χ2v) is 4.44. The molecule has 0 saturated heterocycles. The zero-order valence-corrected chi connectivity index (χ0v) is 10.4. The SMILES string of the molecule is CCCc1cccc(CNC(=O)C(C)C)c1. The summed E-state index contributed by atoms with van der Waals surface area (Å²) in [6.45, 7) is 6.62. The van der Waals surface area contributed by atoms with Gasteiger partial charge in [0.2, 0.25) is 5.91 Å². The van der Waals surface area contributed by atoms with Crippen molar-refractivity contribution in [3.63, 3.8) is 0 Å². The lowest BCUT2D eigenvalue weighted by atomic mass is 10.1. The van der Waals surface area contributed by atoms with Crippen LogP contribution in [0, 0.1) is 5.92 Å². The van der Waals surface area contributed by atoms with Crippen molar-refractivity contribution in [2.45, 2.75) is 40.2 Å². The van der Waals surface area contributed by atoms with Gasteiger partial charge in [-0.1, -0.05) is 51.5 Å². The van der Waals surface area contributed by atoms with Crippen molar-refractivity contribution in [2.75, 3.05) is 0 Å². The number of carbonyl (C=O) groups is 1. The maximum absolute atomic E-state index is 11.4. The fourth-order valence-corrected chi connectivity index (χ4v) is 1.58. The van der Waals surface area contributed by atoms with Gasteiger partial charge in [0.25, 0.3) is 0 Å². The number of rotatable bonds is 5. The first-order chi connectivity index (χ1) is 7.63. The Morgan fingerprint density at radius 1 is 1.31 bits per heavy atom. The summed E-state index contributed by atoms with van der Waals surface area (Å²) in [6.07, 6.45) is 2.26. The summed E-state index contributed by atoms with van der Waals surface area (Å²) >= 11 is 0. The van der Waals surface area contributed by atoms with Gasteiger partial charge in [-0.3, -0.25) is 4.79 Å². The highest BCUT2D eigenvalue weighted by molar-refractivity contribution is 5.77. The molecule has 1 aromatic carbocycles. The summed E-state index contributed by atoms with van der Waals surface area (Å²) < 4.78 is 0. The van der Waals surface area contributed by atoms with Crippen molar-refractivity contribution in [1.82, 2.24) is 5.32 Å². The molecule has 16 heavy (non-hydrogen) atoms. The zero-order chi connectivity index (χ0) is 12.0. The molecule has 2 heteroatoms. The molecule has 0 aliphatic carbocycles. The summed E-state index contributed by atoms with van der Waals surface area (Å²) in [6, 6.07) is 8.42. The van der Waals surface area contributed by atoms with E-state index < -0.39 is 0 Å². The minimum Gasteiger partial charge on any atom is -0.352 e. The monoisotopic (exact) mass is 219 g/mol. The highest BCUT2D eigenvalue weighted by Crippen LogP contribution is 2.07. The van der Waals surface area contributed by atoms with Crippen molar-refractivity contribution in [2.24, 2.45) is 5.92 Å². The van der Waals surface area contributed by atoms with Gasteiger partial charge in [0.15, 0.2) is 0 Å². The van der Waals surface area contributed by atoms with Crippen molar-refractivity contribution in [3.8, 4) is 0 Å². The number of amides is 1. The third kappa shape index (κ3) is 4.05. The van der Waals surface area contributed by atoms with Crippen molar-refractivity contribution in [3.05, 3.63) is 35.4 Å². The van der Waals surface area contributed by atoms with Gasteiger partial charge in [-0.25, -0.2) is 0 Å². The molecule has 0 heterocycles. The first-order valence-corrected chi connectivity index (χ1v) is 5.99. The molecule has 0 atom stereocenters. The number of hydrogen-bond acceptors (Lipinski definition) is 1. The first-order valence-electron chi connectivity index (χ1n) is 5.99. The van der Waals surface area contributed by atoms with E-state index >= 15 is 0 Å². The number of benzene rings is 1. The number of hydrogen-bond donors (Lipinski definition) is 1. The summed E-state index contributed by atoms with van der Waals surface area (Å²) in [5.41, 5.74) is 2.53. The topological polar surface area (TPSA) is 29.1 Å². The molecule has 1 aromatic rings. The van der Waals surface area contributed by atoms with E-state index in [0.29, 0.717) is 6.54 Å². The number of carbonyl (C=O) groups excluding carboxylic acids is 1. The van der Waals surface area contributed by atoms with Gasteiger partial charge in [0, 0.05) is 12.5 Å². The lowest BCUT2D eigenvalue weighted by molar-refractivity contribution is -0.124. The van der Waals surface area contributed by atoms with Crippen LogP contribution in [0.15, 0.2) is 24.3 Å². The Morgan fingerprint density at radius 2 is 2.00 bits per heavy atom. The average Bonchev–Trinajstić information content (AvgIpc) is 2.26. The Balaban J connectivity index is 2.53. The van der Waals surface area contributed by atoms with E-state index in [4.69, 9.17) is 0 Å². The Morgan fingerprint density at radius 3 is 2.62 bits per heavy atom. The van der Waals surface area contributed by atoms with E-state index in [2.05, 4.69) is 36.5 Å². The van der Waals surface area contributed by atoms with E-state index in [1.165, 1.54) is 11.1 Å². The predicted octanol–water partition coefficient (Wildman–Crippen LogP) is 2.91. The average molecular weight is 219 g/mol. The standard InChI is InChI=1S/C14H21NO/c1-4-6-12-7-5-8-13(9-12)10-15-14(16)11(2)3/h5,7-9,11H,4,6,10H2,1-3H3,(H,15,16). The molecule has 0 aliphatic heterocycles. The van der Waals surface area contributed by atoms with Crippen LogP contribution in [0.1, 0.15) is 38.3 Å². The molecule has 0 unspecified atom stereocenters. The van der Waals surface area contributed by atoms with Crippen LogP contribution in [0.5, 0.6) is 0 Å². The van der Waals surface area contributed by atoms with E-state index in [9.17, 15) is 4.79 Å². The van der Waals surface area contributed by atoms with Gasteiger partial charge in [-0.15, -0.1) is 0 Å². The molecule has 88 valence electrons. The number of aryl methyl sites for hydroxylation is 1. The summed E-state index contributed by atoms with van der Waals surface area (Å²) in [7, 11) is 0. The summed E-state index contributed by atoms with van der Waals surface area (Å²) in [5, 5.41) is 2.93. The van der Waals surface area contributed by atoms with Crippen LogP contribution in [0.3, 0.4) is 0 Å². The minimum absolute atomic E-state index is 0.0545. The maximum Gasteiger partial charge on any atom is 0.222 e. The third-order valence-electron chi connectivity index (χ3n) is 2.52. The summed E-state index contributed by atoms with van der Waals surface area (Å²) in [5.74, 6) is 0.166. The second kappa shape index (κ2) is 6.31. The predicted molar refractivity (Wildman–Crippen MR) is 67.1 cm³/mol. The first kappa shape index (κ1) is 12.8. The Labute approximate surface area is 98.1 Å². The van der Waals surface area contributed by atoms with Crippen LogP contribution in [0.4, 0.5) is 0 Å². The molecule has 0 spiro atoms.